The smallest absolute Gasteiger partial charge is 0.320 e. The highest BCUT2D eigenvalue weighted by atomic mass is 79.9. The van der Waals surface area contributed by atoms with E-state index in [-0.39, 0.29) is 10.8 Å². The van der Waals surface area contributed by atoms with Gasteiger partial charge in [-0.15, -0.1) is 0 Å². The van der Waals surface area contributed by atoms with Crippen LogP contribution in [0.2, 0.25) is 0 Å². The molecule has 0 aromatic carbocycles. The highest BCUT2D eigenvalue weighted by Gasteiger charge is 2.22. The summed E-state index contributed by atoms with van der Waals surface area (Å²) in [6.07, 6.45) is 6.50. The molecule has 1 aliphatic carbocycles. The van der Waals surface area contributed by atoms with Gasteiger partial charge in [0.1, 0.15) is 4.83 Å². The molecular formula is C12H22BrNO2. The zero-order valence-corrected chi connectivity index (χ0v) is 11.8. The average molecular weight is 292 g/mol. The second-order valence-electron chi connectivity index (χ2n) is 4.62. The Morgan fingerprint density at radius 3 is 2.81 bits per heavy atom. The van der Waals surface area contributed by atoms with Crippen molar-refractivity contribution in [3.8, 4) is 0 Å². The summed E-state index contributed by atoms with van der Waals surface area (Å²) in [5.41, 5.74) is 0. The van der Waals surface area contributed by atoms with Gasteiger partial charge in [0.05, 0.1) is 7.11 Å². The fourth-order valence-electron chi connectivity index (χ4n) is 2.26. The van der Waals surface area contributed by atoms with E-state index in [1.165, 1.54) is 39.2 Å². The Balaban J connectivity index is 2.32. The highest BCUT2D eigenvalue weighted by Crippen LogP contribution is 2.23. The summed E-state index contributed by atoms with van der Waals surface area (Å²) < 4.78 is 4.68. The minimum absolute atomic E-state index is 0.200. The largest absolute Gasteiger partial charge is 0.468 e. The first-order chi connectivity index (χ1) is 7.65. The van der Waals surface area contributed by atoms with Gasteiger partial charge in [-0.3, -0.25) is 4.79 Å². The number of carbonyl (C=O) groups is 1. The number of alkyl halides is 1. The first kappa shape index (κ1) is 14.0. The fourth-order valence-corrected chi connectivity index (χ4v) is 2.64. The van der Waals surface area contributed by atoms with Gasteiger partial charge in [-0.05, 0) is 18.8 Å². The van der Waals surface area contributed by atoms with Crippen LogP contribution in [0.1, 0.15) is 39.0 Å². The van der Waals surface area contributed by atoms with Crippen LogP contribution in [0.25, 0.3) is 0 Å². The van der Waals surface area contributed by atoms with Gasteiger partial charge < -0.3 is 10.1 Å². The minimum Gasteiger partial charge on any atom is -0.468 e. The van der Waals surface area contributed by atoms with Crippen molar-refractivity contribution in [1.29, 1.82) is 0 Å². The van der Waals surface area contributed by atoms with Crippen molar-refractivity contribution < 1.29 is 9.53 Å². The van der Waals surface area contributed by atoms with Gasteiger partial charge in [0, 0.05) is 12.6 Å². The third kappa shape index (κ3) is 4.42. The molecule has 3 nitrogen and oxygen atoms in total. The van der Waals surface area contributed by atoms with E-state index in [1.54, 1.807) is 0 Å². The number of methoxy groups -OCH3 is 1. The van der Waals surface area contributed by atoms with Gasteiger partial charge in [0.25, 0.3) is 0 Å². The van der Waals surface area contributed by atoms with Crippen molar-refractivity contribution in [2.45, 2.75) is 49.9 Å². The molecule has 94 valence electrons. The molecule has 0 aliphatic heterocycles. The molecule has 0 aromatic heterocycles. The van der Waals surface area contributed by atoms with Crippen molar-refractivity contribution >= 4 is 21.9 Å². The van der Waals surface area contributed by atoms with Crippen LogP contribution in [-0.2, 0) is 9.53 Å². The van der Waals surface area contributed by atoms with Crippen molar-refractivity contribution in [1.82, 2.24) is 5.32 Å². The third-order valence-electron chi connectivity index (χ3n) is 3.38. The lowest BCUT2D eigenvalue weighted by molar-refractivity contribution is -0.139. The molecule has 3 atom stereocenters. The molecule has 0 radical (unpaired) electrons. The van der Waals surface area contributed by atoms with E-state index in [2.05, 4.69) is 32.9 Å². The molecule has 0 aromatic rings. The number of nitrogens with one attached hydrogen (secondary N) is 1. The first-order valence-electron chi connectivity index (χ1n) is 6.10. The predicted molar refractivity (Wildman–Crippen MR) is 68.8 cm³/mol. The Bertz CT molecular complexity index is 223. The van der Waals surface area contributed by atoms with Gasteiger partial charge in [0.15, 0.2) is 0 Å². The predicted octanol–water partition coefficient (Wildman–Crippen LogP) is 2.48. The van der Waals surface area contributed by atoms with E-state index in [4.69, 9.17) is 0 Å². The minimum atomic E-state index is -0.229. The number of rotatable bonds is 4. The van der Waals surface area contributed by atoms with Crippen LogP contribution in [0.15, 0.2) is 0 Å². The zero-order valence-electron chi connectivity index (χ0n) is 10.2. The van der Waals surface area contributed by atoms with Crippen LogP contribution in [0, 0.1) is 5.92 Å². The van der Waals surface area contributed by atoms with Gasteiger partial charge in [-0.25, -0.2) is 0 Å². The highest BCUT2D eigenvalue weighted by molar-refractivity contribution is 9.10. The number of hydrogen-bond acceptors (Lipinski definition) is 3. The Morgan fingerprint density at radius 1 is 1.44 bits per heavy atom. The van der Waals surface area contributed by atoms with Gasteiger partial charge in [-0.2, -0.15) is 0 Å². The standard InChI is InChI=1S/C12H22BrNO2/c1-9-6-4-3-5-7-11(9)14-8-10(13)12(15)16-2/h9-11,14H,3-8H2,1-2H3. The molecule has 0 spiro atoms. The monoisotopic (exact) mass is 291 g/mol. The van der Waals surface area contributed by atoms with Crippen LogP contribution in [0.5, 0.6) is 0 Å². The van der Waals surface area contributed by atoms with Gasteiger partial charge in [-0.1, -0.05) is 42.1 Å². The fraction of sp³-hybridized carbons (Fsp3) is 0.917. The van der Waals surface area contributed by atoms with E-state index < -0.39 is 0 Å². The molecule has 0 saturated heterocycles. The Hall–Kier alpha value is -0.0900. The molecule has 16 heavy (non-hydrogen) atoms. The van der Waals surface area contributed by atoms with Crippen molar-refractivity contribution in [2.24, 2.45) is 5.92 Å². The summed E-state index contributed by atoms with van der Waals surface area (Å²) in [7, 11) is 1.42. The SMILES string of the molecule is COC(=O)C(Br)CNC1CCCCCC1C. The maximum absolute atomic E-state index is 11.2. The number of carbonyl (C=O) groups excluding carboxylic acids is 1. The van der Waals surface area contributed by atoms with Crippen molar-refractivity contribution in [2.75, 3.05) is 13.7 Å². The van der Waals surface area contributed by atoms with E-state index in [0.717, 1.165) is 0 Å². The Morgan fingerprint density at radius 2 is 2.12 bits per heavy atom. The van der Waals surface area contributed by atoms with Crippen LogP contribution >= 0.6 is 15.9 Å². The molecule has 1 rings (SSSR count). The molecule has 0 bridgehead atoms. The van der Waals surface area contributed by atoms with E-state index in [9.17, 15) is 4.79 Å². The Kier molecular flexibility index (Phi) is 6.36. The van der Waals surface area contributed by atoms with Crippen LogP contribution < -0.4 is 5.32 Å². The topological polar surface area (TPSA) is 38.3 Å². The summed E-state index contributed by atoms with van der Waals surface area (Å²) in [5.74, 6) is 0.508. The molecule has 0 heterocycles. The first-order valence-corrected chi connectivity index (χ1v) is 7.02. The molecule has 1 fully saturated rings. The van der Waals surface area contributed by atoms with Crippen LogP contribution in [0.3, 0.4) is 0 Å². The van der Waals surface area contributed by atoms with Gasteiger partial charge in [0.2, 0.25) is 0 Å². The second-order valence-corrected chi connectivity index (χ2v) is 5.73. The lowest BCUT2D eigenvalue weighted by Crippen LogP contribution is -2.40. The number of hydrogen-bond donors (Lipinski definition) is 1. The molecule has 1 aliphatic rings. The molecular weight excluding hydrogens is 270 g/mol. The summed E-state index contributed by atoms with van der Waals surface area (Å²) >= 11 is 3.33. The molecule has 4 heteroatoms. The van der Waals surface area contributed by atoms with Crippen molar-refractivity contribution in [3.63, 3.8) is 0 Å². The van der Waals surface area contributed by atoms with Crippen LogP contribution in [0.4, 0.5) is 0 Å². The normalized spacial score (nSPS) is 28.2. The van der Waals surface area contributed by atoms with Crippen LogP contribution in [-0.4, -0.2) is 30.5 Å². The average Bonchev–Trinajstić information content (AvgIpc) is 2.50. The van der Waals surface area contributed by atoms with E-state index in [1.807, 2.05) is 0 Å². The summed E-state index contributed by atoms with van der Waals surface area (Å²) in [6.45, 7) is 2.95. The lowest BCUT2D eigenvalue weighted by Gasteiger charge is -2.23. The quantitative estimate of drug-likeness (QED) is 0.491. The molecule has 0 amide bonds. The maximum Gasteiger partial charge on any atom is 0.320 e. The summed E-state index contributed by atoms with van der Waals surface area (Å²) in [5, 5.41) is 3.48. The summed E-state index contributed by atoms with van der Waals surface area (Å²) in [4.78, 5) is 11.0. The van der Waals surface area contributed by atoms with E-state index >= 15 is 0 Å². The number of halogens is 1. The molecule has 1 saturated carbocycles. The molecule has 1 N–H and O–H groups in total. The molecule has 3 unspecified atom stereocenters. The lowest BCUT2D eigenvalue weighted by atomic mass is 9.97. The zero-order chi connectivity index (χ0) is 12.0. The van der Waals surface area contributed by atoms with Gasteiger partial charge >= 0.3 is 5.97 Å². The summed E-state index contributed by atoms with van der Waals surface area (Å²) in [6, 6.07) is 0.548. The number of esters is 1. The van der Waals surface area contributed by atoms with E-state index in [0.29, 0.717) is 18.5 Å². The second kappa shape index (κ2) is 7.28. The number of ether oxygens (including phenoxy) is 1. The Labute approximate surface area is 106 Å². The van der Waals surface area contributed by atoms with Crippen molar-refractivity contribution in [3.05, 3.63) is 0 Å². The third-order valence-corrected chi connectivity index (χ3v) is 4.08. The maximum atomic E-state index is 11.2.